The average Bonchev–Trinajstić information content (AvgIpc) is 2.70. The van der Waals surface area contributed by atoms with Gasteiger partial charge in [-0.2, -0.15) is 13.2 Å². The lowest BCUT2D eigenvalue weighted by atomic mass is 10.1. The van der Waals surface area contributed by atoms with Gasteiger partial charge in [0.15, 0.2) is 12.4 Å². The van der Waals surface area contributed by atoms with Crippen LogP contribution in [0.4, 0.5) is 18.9 Å². The Hall–Kier alpha value is -3.69. The summed E-state index contributed by atoms with van der Waals surface area (Å²) in [6.45, 7) is 0.680. The number of ketones is 1. The molecule has 0 bridgehead atoms. The zero-order valence-electron chi connectivity index (χ0n) is 16.3. The largest absolute Gasteiger partial charge is 0.457 e. The highest BCUT2D eigenvalue weighted by Crippen LogP contribution is 2.30. The lowest BCUT2D eigenvalue weighted by Crippen LogP contribution is -2.17. The number of carbonyl (C=O) groups excluding carboxylic acids is 4. The average molecular weight is 437 g/mol. The molecule has 0 aliphatic carbocycles. The molecule has 2 rings (SSSR count). The summed E-state index contributed by atoms with van der Waals surface area (Å²) in [6.07, 6.45) is -5.23. The maximum Gasteiger partial charge on any atom is 0.416 e. The molecule has 0 fully saturated rings. The van der Waals surface area contributed by atoms with Crippen LogP contribution >= 0.6 is 0 Å². The van der Waals surface area contributed by atoms with Gasteiger partial charge in [-0.1, -0.05) is 6.07 Å². The highest BCUT2D eigenvalue weighted by molar-refractivity contribution is 5.98. The molecule has 7 nitrogen and oxygen atoms in total. The fraction of sp³-hybridized carbons (Fsp3) is 0.238. The molecule has 0 radical (unpaired) electrons. The van der Waals surface area contributed by atoms with Crippen LogP contribution in [0, 0.1) is 0 Å². The van der Waals surface area contributed by atoms with E-state index in [0.29, 0.717) is 0 Å². The van der Waals surface area contributed by atoms with Crippen LogP contribution < -0.4 is 10.1 Å². The van der Waals surface area contributed by atoms with Crippen LogP contribution in [0.2, 0.25) is 0 Å². The highest BCUT2D eigenvalue weighted by Gasteiger charge is 2.30. The number of hydrogen-bond acceptors (Lipinski definition) is 6. The van der Waals surface area contributed by atoms with Crippen LogP contribution in [-0.4, -0.2) is 30.2 Å². The van der Waals surface area contributed by atoms with Crippen LogP contribution in [0.3, 0.4) is 0 Å². The predicted molar refractivity (Wildman–Crippen MR) is 102 cm³/mol. The molecule has 164 valence electrons. The van der Waals surface area contributed by atoms with Gasteiger partial charge < -0.3 is 14.8 Å². The van der Waals surface area contributed by atoms with E-state index in [9.17, 15) is 32.3 Å². The second-order valence-electron chi connectivity index (χ2n) is 6.33. The van der Waals surface area contributed by atoms with E-state index in [1.807, 2.05) is 0 Å². The third-order valence-electron chi connectivity index (χ3n) is 3.83. The van der Waals surface area contributed by atoms with Gasteiger partial charge in [-0.05, 0) is 42.5 Å². The Balaban J connectivity index is 1.77. The number of esters is 2. The van der Waals surface area contributed by atoms with Crippen molar-refractivity contribution in [3.63, 3.8) is 0 Å². The van der Waals surface area contributed by atoms with Crippen molar-refractivity contribution in [1.29, 1.82) is 0 Å². The number of nitrogens with one attached hydrogen (secondary N) is 1. The Labute approximate surface area is 175 Å². The number of ether oxygens (including phenoxy) is 2. The van der Waals surface area contributed by atoms with Crippen molar-refractivity contribution in [2.45, 2.75) is 25.9 Å². The van der Waals surface area contributed by atoms with Gasteiger partial charge in [0.2, 0.25) is 5.91 Å². The summed E-state index contributed by atoms with van der Waals surface area (Å²) >= 11 is 0. The lowest BCUT2D eigenvalue weighted by Gasteiger charge is -2.10. The molecule has 10 heteroatoms. The van der Waals surface area contributed by atoms with Crippen LogP contribution in [0.5, 0.6) is 5.75 Å². The van der Waals surface area contributed by atoms with E-state index >= 15 is 0 Å². The molecule has 0 heterocycles. The first kappa shape index (κ1) is 23.6. The summed E-state index contributed by atoms with van der Waals surface area (Å²) in [4.78, 5) is 46.5. The van der Waals surface area contributed by atoms with E-state index in [1.54, 1.807) is 0 Å². The van der Waals surface area contributed by atoms with E-state index < -0.39 is 42.0 Å². The first-order valence-electron chi connectivity index (χ1n) is 8.99. The van der Waals surface area contributed by atoms with Crippen LogP contribution in [-0.2, 0) is 25.3 Å². The minimum absolute atomic E-state index is 0.0550. The number of hydrogen-bond donors (Lipinski definition) is 1. The fourth-order valence-corrected chi connectivity index (χ4v) is 2.39. The number of Topliss-reactive ketones (excluding diaryl/α,β-unsaturated/α-hetero) is 1. The quantitative estimate of drug-likeness (QED) is 0.384. The molecule has 0 saturated carbocycles. The first-order chi connectivity index (χ1) is 14.5. The molecule has 0 saturated heterocycles. The smallest absolute Gasteiger partial charge is 0.416 e. The van der Waals surface area contributed by atoms with Crippen molar-refractivity contribution in [3.8, 4) is 5.75 Å². The molecule has 0 unspecified atom stereocenters. The Bertz CT molecular complexity index is 970. The third-order valence-corrected chi connectivity index (χ3v) is 3.83. The van der Waals surface area contributed by atoms with E-state index in [0.717, 1.165) is 18.2 Å². The number of benzene rings is 2. The van der Waals surface area contributed by atoms with Crippen molar-refractivity contribution < 1.29 is 41.8 Å². The van der Waals surface area contributed by atoms with E-state index in [2.05, 4.69) is 5.32 Å². The van der Waals surface area contributed by atoms with Crippen LogP contribution in [0.1, 0.15) is 35.7 Å². The van der Waals surface area contributed by atoms with Crippen molar-refractivity contribution >= 4 is 29.3 Å². The van der Waals surface area contributed by atoms with Gasteiger partial charge in [-0.15, -0.1) is 0 Å². The van der Waals surface area contributed by atoms with Crippen molar-refractivity contribution in [2.24, 2.45) is 0 Å². The number of halogens is 3. The maximum atomic E-state index is 12.7. The Kier molecular flexibility index (Phi) is 7.89. The molecule has 0 aromatic heterocycles. The van der Waals surface area contributed by atoms with E-state index in [-0.39, 0.29) is 29.8 Å². The maximum absolute atomic E-state index is 12.7. The Morgan fingerprint density at radius 2 is 1.65 bits per heavy atom. The molecule has 0 aliphatic heterocycles. The second-order valence-corrected chi connectivity index (χ2v) is 6.33. The number of amides is 1. The third kappa shape index (κ3) is 7.92. The lowest BCUT2D eigenvalue weighted by molar-refractivity contribution is -0.143. The predicted octanol–water partition coefficient (Wildman–Crippen LogP) is 3.78. The molecule has 2 aromatic carbocycles. The second kappa shape index (κ2) is 10.4. The summed E-state index contributed by atoms with van der Waals surface area (Å²) in [5.74, 6) is -2.25. The number of rotatable bonds is 8. The van der Waals surface area contributed by atoms with Gasteiger partial charge >= 0.3 is 18.1 Å². The van der Waals surface area contributed by atoms with Gasteiger partial charge in [-0.3, -0.25) is 19.2 Å². The van der Waals surface area contributed by atoms with Crippen molar-refractivity contribution in [1.82, 2.24) is 0 Å². The molecular formula is C21H18F3NO6. The molecular weight excluding hydrogens is 419 g/mol. The summed E-state index contributed by atoms with van der Waals surface area (Å²) in [5, 5.41) is 2.27. The highest BCUT2D eigenvalue weighted by atomic mass is 19.4. The zero-order chi connectivity index (χ0) is 23.0. The summed E-state index contributed by atoms with van der Waals surface area (Å²) in [6, 6.07) is 9.71. The van der Waals surface area contributed by atoms with Gasteiger partial charge in [0, 0.05) is 24.6 Å². The van der Waals surface area contributed by atoms with E-state index in [4.69, 9.17) is 9.47 Å². The van der Waals surface area contributed by atoms with Crippen molar-refractivity contribution in [3.05, 3.63) is 59.7 Å². The first-order valence-corrected chi connectivity index (χ1v) is 8.99. The molecule has 0 aliphatic rings. The molecule has 2 aromatic rings. The normalized spacial score (nSPS) is 10.8. The zero-order valence-corrected chi connectivity index (χ0v) is 16.3. The summed E-state index contributed by atoms with van der Waals surface area (Å²) < 4.78 is 47.7. The molecule has 0 atom stereocenters. The Morgan fingerprint density at radius 3 is 2.26 bits per heavy atom. The number of carbonyl (C=O) groups is 4. The monoisotopic (exact) mass is 437 g/mol. The standard InChI is InChI=1S/C21H18F3NO6/c1-13(26)31-17-7-5-14(6-8-17)18(27)12-30-20(29)10-9-19(28)25-16-4-2-3-15(11-16)21(22,23)24/h2-8,11H,9-10,12H2,1H3,(H,25,28). The van der Waals surface area contributed by atoms with Gasteiger partial charge in [0.1, 0.15) is 5.75 Å². The van der Waals surface area contributed by atoms with Crippen LogP contribution in [0.25, 0.3) is 0 Å². The van der Waals surface area contributed by atoms with Gasteiger partial charge in [0.25, 0.3) is 0 Å². The van der Waals surface area contributed by atoms with E-state index in [1.165, 1.54) is 37.3 Å². The van der Waals surface area contributed by atoms with Crippen molar-refractivity contribution in [2.75, 3.05) is 11.9 Å². The molecule has 31 heavy (non-hydrogen) atoms. The molecule has 0 spiro atoms. The SMILES string of the molecule is CC(=O)Oc1ccc(C(=O)COC(=O)CCC(=O)Nc2cccc(C(F)(F)F)c2)cc1. The fourth-order valence-electron chi connectivity index (χ4n) is 2.39. The summed E-state index contributed by atoms with van der Waals surface area (Å²) in [7, 11) is 0. The van der Waals surface area contributed by atoms with Gasteiger partial charge in [0.05, 0.1) is 12.0 Å². The number of alkyl halides is 3. The Morgan fingerprint density at radius 1 is 0.968 bits per heavy atom. The van der Waals surface area contributed by atoms with Gasteiger partial charge in [-0.25, -0.2) is 0 Å². The van der Waals surface area contributed by atoms with Crippen LogP contribution in [0.15, 0.2) is 48.5 Å². The molecule has 1 amide bonds. The minimum atomic E-state index is -4.54. The topological polar surface area (TPSA) is 98.8 Å². The molecule has 1 N–H and O–H groups in total. The number of anilines is 1. The minimum Gasteiger partial charge on any atom is -0.457 e. The summed E-state index contributed by atoms with van der Waals surface area (Å²) in [5.41, 5.74) is -0.740.